The van der Waals surface area contributed by atoms with Crippen molar-refractivity contribution in [3.63, 3.8) is 0 Å². The molecule has 1 unspecified atom stereocenters. The number of nitrogens with one attached hydrogen (secondary N) is 2. The Bertz CT molecular complexity index is 676. The van der Waals surface area contributed by atoms with Crippen LogP contribution in [0.5, 0.6) is 0 Å². The highest BCUT2D eigenvalue weighted by Gasteiger charge is 2.12. The molecular formula is C18H23N3OS. The molecule has 2 rings (SSSR count). The van der Waals surface area contributed by atoms with Gasteiger partial charge in [0, 0.05) is 22.5 Å². The zero-order valence-electron chi connectivity index (χ0n) is 13.8. The molecule has 2 aromatic rings. The van der Waals surface area contributed by atoms with Gasteiger partial charge >= 0.3 is 0 Å². The van der Waals surface area contributed by atoms with Gasteiger partial charge in [-0.1, -0.05) is 13.0 Å². The molecule has 2 heterocycles. The van der Waals surface area contributed by atoms with Gasteiger partial charge in [-0.05, 0) is 44.0 Å². The summed E-state index contributed by atoms with van der Waals surface area (Å²) in [6, 6.07) is 6.03. The van der Waals surface area contributed by atoms with E-state index in [1.807, 2.05) is 17.4 Å². The number of carbonyl (C=O) groups is 1. The van der Waals surface area contributed by atoms with Gasteiger partial charge in [0.05, 0.1) is 11.6 Å². The first-order valence-electron chi connectivity index (χ1n) is 7.76. The average molecular weight is 329 g/mol. The first-order valence-corrected chi connectivity index (χ1v) is 8.57. The number of hydrogen-bond donors (Lipinski definition) is 2. The minimum Gasteiger partial charge on any atom is -0.363 e. The minimum absolute atomic E-state index is 0.140. The summed E-state index contributed by atoms with van der Waals surface area (Å²) >= 11 is 1.84. The van der Waals surface area contributed by atoms with Crippen LogP contribution < -0.4 is 10.6 Å². The number of amides is 1. The molecule has 1 atom stereocenters. The Morgan fingerprint density at radius 1 is 1.48 bits per heavy atom. The van der Waals surface area contributed by atoms with Gasteiger partial charge in [0.1, 0.15) is 5.82 Å². The third-order valence-electron chi connectivity index (χ3n) is 3.58. The topological polar surface area (TPSA) is 54.0 Å². The molecule has 0 aliphatic rings. The van der Waals surface area contributed by atoms with Crippen molar-refractivity contribution in [2.75, 3.05) is 11.9 Å². The molecule has 0 saturated carbocycles. The number of nitrogens with zero attached hydrogens (tertiary/aromatic N) is 1. The molecule has 0 bridgehead atoms. The van der Waals surface area contributed by atoms with Gasteiger partial charge < -0.3 is 10.6 Å². The van der Waals surface area contributed by atoms with Crippen molar-refractivity contribution in [1.29, 1.82) is 0 Å². The van der Waals surface area contributed by atoms with E-state index in [1.54, 1.807) is 18.3 Å². The van der Waals surface area contributed by atoms with Crippen molar-refractivity contribution < 1.29 is 4.79 Å². The third kappa shape index (κ3) is 4.42. The van der Waals surface area contributed by atoms with Crippen LogP contribution in [0.3, 0.4) is 0 Å². The molecular weight excluding hydrogens is 306 g/mol. The van der Waals surface area contributed by atoms with E-state index in [-0.39, 0.29) is 11.9 Å². The molecule has 2 N–H and O–H groups in total. The number of hydrogen-bond acceptors (Lipinski definition) is 4. The fourth-order valence-corrected chi connectivity index (χ4v) is 3.40. The summed E-state index contributed by atoms with van der Waals surface area (Å²) in [5.74, 6) is 0.625. The van der Waals surface area contributed by atoms with E-state index in [1.165, 1.54) is 15.3 Å². The van der Waals surface area contributed by atoms with E-state index >= 15 is 0 Å². The monoisotopic (exact) mass is 329 g/mol. The van der Waals surface area contributed by atoms with Crippen LogP contribution in [0.2, 0.25) is 0 Å². The van der Waals surface area contributed by atoms with Crippen molar-refractivity contribution in [2.45, 2.75) is 33.2 Å². The van der Waals surface area contributed by atoms with Crippen molar-refractivity contribution in [3.8, 4) is 0 Å². The zero-order chi connectivity index (χ0) is 16.8. The van der Waals surface area contributed by atoms with Gasteiger partial charge in [-0.2, -0.15) is 0 Å². The molecule has 4 nitrogen and oxygen atoms in total. The quantitative estimate of drug-likeness (QED) is 0.752. The van der Waals surface area contributed by atoms with Crippen LogP contribution in [0.15, 0.2) is 37.1 Å². The summed E-state index contributed by atoms with van der Waals surface area (Å²) in [7, 11) is 0. The summed E-state index contributed by atoms with van der Waals surface area (Å²) in [6.45, 7) is 10.5. The molecule has 23 heavy (non-hydrogen) atoms. The van der Waals surface area contributed by atoms with Crippen molar-refractivity contribution in [1.82, 2.24) is 10.3 Å². The van der Waals surface area contributed by atoms with Gasteiger partial charge in [-0.3, -0.25) is 4.79 Å². The number of aromatic nitrogens is 1. The predicted molar refractivity (Wildman–Crippen MR) is 97.2 cm³/mol. The lowest BCUT2D eigenvalue weighted by molar-refractivity contribution is 0.0957. The Hall–Kier alpha value is -2.14. The van der Waals surface area contributed by atoms with E-state index in [0.717, 1.165) is 12.2 Å². The molecule has 0 spiro atoms. The second kappa shape index (κ2) is 7.92. The smallest absolute Gasteiger partial charge is 0.253 e. The summed E-state index contributed by atoms with van der Waals surface area (Å²) in [5.41, 5.74) is 1.90. The van der Waals surface area contributed by atoms with E-state index < -0.39 is 0 Å². The second-order valence-corrected chi connectivity index (χ2v) is 6.57. The fourth-order valence-electron chi connectivity index (χ4n) is 2.28. The number of anilines is 1. The van der Waals surface area contributed by atoms with Crippen LogP contribution in [-0.2, 0) is 6.42 Å². The van der Waals surface area contributed by atoms with Gasteiger partial charge in [0.25, 0.3) is 5.91 Å². The zero-order valence-corrected chi connectivity index (χ0v) is 14.7. The summed E-state index contributed by atoms with van der Waals surface area (Å²) in [4.78, 5) is 18.9. The SMILES string of the molecule is C=CCNC(=O)c1ccc(NC(C)c2cc(C)c(CC)s2)nc1. The summed E-state index contributed by atoms with van der Waals surface area (Å²) < 4.78 is 0. The van der Waals surface area contributed by atoms with E-state index in [2.05, 4.69) is 49.0 Å². The van der Waals surface area contributed by atoms with Gasteiger partial charge in [0.2, 0.25) is 0 Å². The third-order valence-corrected chi connectivity index (χ3v) is 5.15. The molecule has 0 aliphatic carbocycles. The number of carbonyl (C=O) groups excluding carboxylic acids is 1. The number of rotatable bonds is 7. The Kier molecular flexibility index (Phi) is 5.93. The van der Waals surface area contributed by atoms with Gasteiger partial charge in [-0.15, -0.1) is 17.9 Å². The molecule has 0 aliphatic heterocycles. The lowest BCUT2D eigenvalue weighted by atomic mass is 10.2. The fraction of sp³-hybridized carbons (Fsp3) is 0.333. The minimum atomic E-state index is -0.140. The molecule has 0 aromatic carbocycles. The van der Waals surface area contributed by atoms with Crippen LogP contribution in [-0.4, -0.2) is 17.4 Å². The maximum atomic E-state index is 11.8. The van der Waals surface area contributed by atoms with Crippen molar-refractivity contribution in [3.05, 3.63) is 57.9 Å². The van der Waals surface area contributed by atoms with Gasteiger partial charge in [-0.25, -0.2) is 4.98 Å². The maximum absolute atomic E-state index is 11.8. The Balaban J connectivity index is 2.02. The molecule has 0 saturated heterocycles. The van der Waals surface area contributed by atoms with Crippen LogP contribution in [0.1, 0.15) is 45.6 Å². The van der Waals surface area contributed by atoms with E-state index in [0.29, 0.717) is 12.1 Å². The maximum Gasteiger partial charge on any atom is 0.253 e. The van der Waals surface area contributed by atoms with Crippen molar-refractivity contribution in [2.24, 2.45) is 0 Å². The van der Waals surface area contributed by atoms with E-state index in [9.17, 15) is 4.79 Å². The van der Waals surface area contributed by atoms with Crippen LogP contribution in [0, 0.1) is 6.92 Å². The highest BCUT2D eigenvalue weighted by molar-refractivity contribution is 7.12. The predicted octanol–water partition coefficient (Wildman–Crippen LogP) is 4.10. The van der Waals surface area contributed by atoms with E-state index in [4.69, 9.17) is 0 Å². The standard InChI is InChI=1S/C18H23N3OS/c1-5-9-19-18(22)14-7-8-17(20-11-14)21-13(4)16-10-12(3)15(6-2)23-16/h5,7-8,10-11,13H,1,6,9H2,2-4H3,(H,19,22)(H,20,21). The molecule has 0 fully saturated rings. The largest absolute Gasteiger partial charge is 0.363 e. The summed E-state index contributed by atoms with van der Waals surface area (Å²) in [5, 5.41) is 6.12. The Morgan fingerprint density at radius 2 is 2.26 bits per heavy atom. The number of thiophene rings is 1. The molecule has 0 radical (unpaired) electrons. The number of aryl methyl sites for hydroxylation is 2. The second-order valence-electron chi connectivity index (χ2n) is 5.41. The van der Waals surface area contributed by atoms with Gasteiger partial charge in [0.15, 0.2) is 0 Å². The number of pyridine rings is 1. The molecule has 1 amide bonds. The van der Waals surface area contributed by atoms with Crippen LogP contribution in [0.25, 0.3) is 0 Å². The summed E-state index contributed by atoms with van der Waals surface area (Å²) in [6.07, 6.45) is 4.30. The lowest BCUT2D eigenvalue weighted by Crippen LogP contribution is -2.23. The van der Waals surface area contributed by atoms with Crippen molar-refractivity contribution >= 4 is 23.1 Å². The first kappa shape index (κ1) is 17.2. The molecule has 5 heteroatoms. The van der Waals surface area contributed by atoms with Crippen LogP contribution >= 0.6 is 11.3 Å². The highest BCUT2D eigenvalue weighted by atomic mass is 32.1. The molecule has 122 valence electrons. The lowest BCUT2D eigenvalue weighted by Gasteiger charge is -2.13. The Morgan fingerprint density at radius 3 is 2.83 bits per heavy atom. The van der Waals surface area contributed by atoms with Crippen LogP contribution in [0.4, 0.5) is 5.82 Å². The normalized spacial score (nSPS) is 11.8. The first-order chi connectivity index (χ1) is 11.0. The Labute approximate surface area is 141 Å². The molecule has 2 aromatic heterocycles. The highest BCUT2D eigenvalue weighted by Crippen LogP contribution is 2.29. The average Bonchev–Trinajstić information content (AvgIpc) is 2.94.